The van der Waals surface area contributed by atoms with Crippen LogP contribution in [0.2, 0.25) is 0 Å². The lowest BCUT2D eigenvalue weighted by atomic mass is 10.0. The first kappa shape index (κ1) is 96.5. The Balaban J connectivity index is 5.38. The monoisotopic (exact) mass is 1450 g/mol. The fourth-order valence-corrected chi connectivity index (χ4v) is 12.7. The molecule has 0 fully saturated rings. The van der Waals surface area contributed by atoms with Crippen molar-refractivity contribution >= 4 is 39.5 Å². The van der Waals surface area contributed by atoms with E-state index in [4.69, 9.17) is 37.0 Å². The molecule has 0 spiro atoms. The van der Waals surface area contributed by atoms with Gasteiger partial charge in [-0.3, -0.25) is 37.3 Å². The summed E-state index contributed by atoms with van der Waals surface area (Å²) >= 11 is 0. The number of ether oxygens (including phenoxy) is 4. The van der Waals surface area contributed by atoms with Crippen molar-refractivity contribution in [3.63, 3.8) is 0 Å². The lowest BCUT2D eigenvalue weighted by Gasteiger charge is -2.21. The lowest BCUT2D eigenvalue weighted by molar-refractivity contribution is -0.161. The van der Waals surface area contributed by atoms with Gasteiger partial charge in [0.15, 0.2) is 12.2 Å². The summed E-state index contributed by atoms with van der Waals surface area (Å²) in [6, 6.07) is 0. The van der Waals surface area contributed by atoms with Gasteiger partial charge in [0.1, 0.15) is 19.3 Å². The molecule has 0 aromatic rings. The van der Waals surface area contributed by atoms with E-state index in [0.29, 0.717) is 25.7 Å². The maximum atomic E-state index is 13.1. The van der Waals surface area contributed by atoms with E-state index in [1.54, 1.807) is 6.08 Å². The van der Waals surface area contributed by atoms with Crippen LogP contribution in [0.5, 0.6) is 0 Å². The highest BCUT2D eigenvalue weighted by Gasteiger charge is 2.30. The van der Waals surface area contributed by atoms with Crippen molar-refractivity contribution in [2.24, 2.45) is 0 Å². The summed E-state index contributed by atoms with van der Waals surface area (Å²) in [7, 11) is -9.96. The van der Waals surface area contributed by atoms with E-state index in [1.807, 2.05) is 18.2 Å². The van der Waals surface area contributed by atoms with Gasteiger partial charge in [0, 0.05) is 19.3 Å². The third-order valence-corrected chi connectivity index (χ3v) is 19.1. The number of rotatable bonds is 76. The van der Waals surface area contributed by atoms with E-state index in [-0.39, 0.29) is 25.7 Å². The number of hydrogen-bond donors (Lipinski definition) is 3. The summed E-state index contributed by atoms with van der Waals surface area (Å²) < 4.78 is 68.5. The Kier molecular flexibility index (Phi) is 71.2. The van der Waals surface area contributed by atoms with E-state index in [9.17, 15) is 43.2 Å². The molecule has 582 valence electrons. The van der Waals surface area contributed by atoms with Gasteiger partial charge in [0.2, 0.25) is 0 Å². The number of phosphoric acid groups is 2. The minimum Gasteiger partial charge on any atom is -0.462 e. The quantitative estimate of drug-likeness (QED) is 0.0169. The Morgan fingerprint density at radius 3 is 0.880 bits per heavy atom. The fourth-order valence-electron chi connectivity index (χ4n) is 11.1. The second-order valence-corrected chi connectivity index (χ2v) is 29.9. The van der Waals surface area contributed by atoms with Crippen LogP contribution in [0.25, 0.3) is 0 Å². The van der Waals surface area contributed by atoms with Crippen LogP contribution < -0.4 is 0 Å². The highest BCUT2D eigenvalue weighted by molar-refractivity contribution is 7.47. The number of carbonyl (C=O) groups is 4. The van der Waals surface area contributed by atoms with Gasteiger partial charge in [0.05, 0.1) is 32.8 Å². The Bertz CT molecular complexity index is 2180. The lowest BCUT2D eigenvalue weighted by Crippen LogP contribution is -2.30. The molecule has 0 radical (unpaired) electrons. The zero-order valence-electron chi connectivity index (χ0n) is 63.6. The molecule has 17 nitrogen and oxygen atoms in total. The summed E-state index contributed by atoms with van der Waals surface area (Å²) in [6.45, 7) is 4.71. The summed E-state index contributed by atoms with van der Waals surface area (Å²) in [5.41, 5.74) is 0. The molecule has 0 aromatic carbocycles. The molecule has 19 heteroatoms. The molecule has 0 rings (SSSR count). The predicted octanol–water partition coefficient (Wildman–Crippen LogP) is 23.2. The Hall–Kier alpha value is -3.50. The number of phosphoric ester groups is 2. The third-order valence-electron chi connectivity index (χ3n) is 17.2. The number of carbonyl (C=O) groups excluding carboxylic acids is 4. The van der Waals surface area contributed by atoms with Crippen LogP contribution in [0.15, 0.2) is 72.9 Å². The number of unbranched alkanes of at least 4 members (excludes halogenated alkanes) is 39. The molecule has 0 aliphatic carbocycles. The van der Waals surface area contributed by atoms with E-state index < -0.39 is 97.5 Å². The van der Waals surface area contributed by atoms with Crippen molar-refractivity contribution in [1.29, 1.82) is 0 Å². The maximum absolute atomic E-state index is 13.1. The molecule has 0 bridgehead atoms. The van der Waals surface area contributed by atoms with Gasteiger partial charge >= 0.3 is 39.5 Å². The van der Waals surface area contributed by atoms with Crippen molar-refractivity contribution in [2.75, 3.05) is 39.6 Å². The number of esters is 4. The van der Waals surface area contributed by atoms with Crippen molar-refractivity contribution in [2.45, 2.75) is 380 Å². The van der Waals surface area contributed by atoms with E-state index >= 15 is 0 Å². The second-order valence-electron chi connectivity index (χ2n) is 27.0. The summed E-state index contributed by atoms with van der Waals surface area (Å²) in [4.78, 5) is 72.9. The first-order chi connectivity index (χ1) is 48.7. The van der Waals surface area contributed by atoms with E-state index in [1.165, 1.54) is 167 Å². The van der Waals surface area contributed by atoms with Crippen molar-refractivity contribution < 1.29 is 80.2 Å². The van der Waals surface area contributed by atoms with Gasteiger partial charge in [-0.25, -0.2) is 9.13 Å². The van der Waals surface area contributed by atoms with Crippen molar-refractivity contribution in [1.82, 2.24) is 0 Å². The highest BCUT2D eigenvalue weighted by Crippen LogP contribution is 2.45. The van der Waals surface area contributed by atoms with Gasteiger partial charge in [-0.2, -0.15) is 0 Å². The van der Waals surface area contributed by atoms with Gasteiger partial charge in [0.25, 0.3) is 0 Å². The molecular formula is C81H146O17P2. The minimum absolute atomic E-state index is 0.0665. The highest BCUT2D eigenvalue weighted by atomic mass is 31.2. The smallest absolute Gasteiger partial charge is 0.462 e. The zero-order chi connectivity index (χ0) is 73.2. The molecule has 5 unspecified atom stereocenters. The number of aliphatic hydroxyl groups excluding tert-OH is 1. The summed E-state index contributed by atoms with van der Waals surface area (Å²) in [6.07, 6.45) is 74.8. The first-order valence-electron chi connectivity index (χ1n) is 40.2. The van der Waals surface area contributed by atoms with Crippen molar-refractivity contribution in [3.8, 4) is 0 Å². The topological polar surface area (TPSA) is 237 Å². The van der Waals surface area contributed by atoms with Gasteiger partial charge < -0.3 is 33.8 Å². The molecule has 0 aliphatic heterocycles. The van der Waals surface area contributed by atoms with Crippen LogP contribution >= 0.6 is 15.6 Å². The number of allylic oxidation sites excluding steroid dienone is 11. The van der Waals surface area contributed by atoms with Gasteiger partial charge in [-0.05, 0) is 77.0 Å². The Labute approximate surface area is 609 Å². The molecule has 0 saturated carbocycles. The average molecular weight is 1450 g/mol. The number of aliphatic hydroxyl groups is 1. The molecule has 0 saturated heterocycles. The Morgan fingerprint density at radius 1 is 0.300 bits per heavy atom. The first-order valence-corrected chi connectivity index (χ1v) is 43.2. The molecule has 0 aromatic heterocycles. The normalized spacial score (nSPS) is 14.3. The van der Waals surface area contributed by atoms with E-state index in [0.717, 1.165) is 116 Å². The van der Waals surface area contributed by atoms with Crippen LogP contribution in [0.1, 0.15) is 362 Å². The standard InChI is InChI=1S/C81H146O17P2/c1-5-9-13-17-21-25-29-33-37-41-45-49-53-57-61-65-78(83)91-71-76(97-80(85)67-63-59-55-51-47-43-39-35-31-27-23-19-15-11-7-3)73-95-99(87,88)93-69-75(82)70-94-100(89,90)96-74-77(98-81(86)68-64-60-56-52-48-44-40-36-32-28-24-20-16-12-8-4)72-92-79(84)66-62-58-54-50-46-42-38-34-30-26-22-18-14-10-6-2/h9,13,21,25,33-34,37-38,45,49,57,61,75-77,82H,5-8,10-12,14-20,22-24,26-32,35-36,39-44,46-48,50-56,58-60,62-74H2,1-4H3,(H,87,88)(H,89,90)/b13-9-,25-21-,37-33-,38-34-,49-45-,61-57-. The fraction of sp³-hybridized carbons (Fsp3) is 0.802. The van der Waals surface area contributed by atoms with Crippen LogP contribution in [0.4, 0.5) is 0 Å². The van der Waals surface area contributed by atoms with Crippen LogP contribution in [-0.2, 0) is 65.4 Å². The zero-order valence-corrected chi connectivity index (χ0v) is 65.4. The van der Waals surface area contributed by atoms with Crippen LogP contribution in [0.3, 0.4) is 0 Å². The largest absolute Gasteiger partial charge is 0.472 e. The summed E-state index contributed by atoms with van der Waals surface area (Å²) in [5, 5.41) is 10.6. The van der Waals surface area contributed by atoms with Gasteiger partial charge in [-0.1, -0.05) is 332 Å². The Morgan fingerprint density at radius 2 is 0.560 bits per heavy atom. The summed E-state index contributed by atoms with van der Waals surface area (Å²) in [5.74, 6) is -2.30. The number of hydrogen-bond acceptors (Lipinski definition) is 15. The predicted molar refractivity (Wildman–Crippen MR) is 409 cm³/mol. The third kappa shape index (κ3) is 72.8. The molecule has 5 atom stereocenters. The van der Waals surface area contributed by atoms with Gasteiger partial charge in [-0.15, -0.1) is 0 Å². The molecule has 0 heterocycles. The van der Waals surface area contributed by atoms with Crippen molar-refractivity contribution in [3.05, 3.63) is 72.9 Å². The molecular weight excluding hydrogens is 1310 g/mol. The second kappa shape index (κ2) is 73.8. The van der Waals surface area contributed by atoms with E-state index in [2.05, 4.69) is 76.3 Å². The molecule has 0 amide bonds. The SMILES string of the molecule is CC/C=C\C/C=C\C/C=C\C/C=C\C/C=C\CC(=O)OCC(COP(=O)(O)OCC(O)COP(=O)(O)OCC(COC(=O)CCCCCCC/C=C\CCCCCCCC)OC(=O)CCCCCCCCCCCCCCCCC)OC(=O)CCCCCCCCCCCCCCCCC. The van der Waals surface area contributed by atoms with Crippen LogP contribution in [0, 0.1) is 0 Å². The molecule has 100 heavy (non-hydrogen) atoms. The maximum Gasteiger partial charge on any atom is 0.472 e. The minimum atomic E-state index is -4.99. The average Bonchev–Trinajstić information content (AvgIpc) is 1.01. The molecule has 0 aliphatic rings. The van der Waals surface area contributed by atoms with Crippen LogP contribution in [-0.4, -0.2) is 96.7 Å². The molecule has 3 N–H and O–H groups in total.